The molecule has 0 aromatic heterocycles. The van der Waals surface area contributed by atoms with Gasteiger partial charge in [0.2, 0.25) is 0 Å². The van der Waals surface area contributed by atoms with Crippen molar-refractivity contribution in [1.82, 2.24) is 0 Å². The van der Waals surface area contributed by atoms with Crippen LogP contribution < -0.4 is 4.90 Å². The summed E-state index contributed by atoms with van der Waals surface area (Å²) in [6, 6.07) is 17.1. The summed E-state index contributed by atoms with van der Waals surface area (Å²) in [4.78, 5) is 13.3. The summed E-state index contributed by atoms with van der Waals surface area (Å²) in [5, 5.41) is 0. The van der Waals surface area contributed by atoms with Crippen molar-refractivity contribution in [1.29, 1.82) is 0 Å². The maximum Gasteiger partial charge on any atom is 0.303 e. The summed E-state index contributed by atoms with van der Waals surface area (Å²) in [5.74, 6) is 0.0408. The highest BCUT2D eigenvalue weighted by Crippen LogP contribution is 2.48. The van der Waals surface area contributed by atoms with Crippen molar-refractivity contribution in [2.45, 2.75) is 31.8 Å². The third-order valence-electron chi connectivity index (χ3n) is 5.36. The van der Waals surface area contributed by atoms with Gasteiger partial charge in [0.1, 0.15) is 12.2 Å². The van der Waals surface area contributed by atoms with E-state index in [0.717, 1.165) is 25.1 Å². The highest BCUT2D eigenvalue weighted by molar-refractivity contribution is 5.67. The zero-order valence-corrected chi connectivity index (χ0v) is 13.6. The number of hydrogen-bond donors (Lipinski definition) is 1. The normalized spacial score (nSPS) is 28.3. The van der Waals surface area contributed by atoms with Gasteiger partial charge in [0, 0.05) is 30.4 Å². The lowest BCUT2D eigenvalue weighted by atomic mass is 9.69. The molecule has 0 aliphatic carbocycles. The zero-order valence-electron chi connectivity index (χ0n) is 13.6. The second-order valence-electron chi connectivity index (χ2n) is 6.81. The summed E-state index contributed by atoms with van der Waals surface area (Å²) in [7, 11) is 0. The van der Waals surface area contributed by atoms with E-state index in [0.29, 0.717) is 0 Å². The van der Waals surface area contributed by atoms with Gasteiger partial charge in [-0.1, -0.05) is 48.0 Å². The van der Waals surface area contributed by atoms with Crippen LogP contribution in [0.25, 0.3) is 0 Å². The van der Waals surface area contributed by atoms with E-state index >= 15 is 0 Å². The Morgan fingerprint density at radius 1 is 1.17 bits per heavy atom. The summed E-state index contributed by atoms with van der Waals surface area (Å²) >= 11 is 0. The van der Waals surface area contributed by atoms with Gasteiger partial charge < -0.3 is 4.74 Å². The molecule has 2 bridgehead atoms. The maximum atomic E-state index is 11.9. The van der Waals surface area contributed by atoms with Crippen molar-refractivity contribution < 1.29 is 14.4 Å². The molecule has 1 fully saturated rings. The number of carbonyl (C=O) groups is 1. The highest BCUT2D eigenvalue weighted by Gasteiger charge is 2.56. The molecule has 3 atom stereocenters. The van der Waals surface area contributed by atoms with Crippen LogP contribution in [0.4, 0.5) is 5.69 Å². The van der Waals surface area contributed by atoms with Crippen molar-refractivity contribution in [3.05, 3.63) is 65.2 Å². The molecule has 3 heteroatoms. The average molecular weight is 308 g/mol. The number of benzene rings is 2. The predicted molar refractivity (Wildman–Crippen MR) is 88.8 cm³/mol. The van der Waals surface area contributed by atoms with Crippen molar-refractivity contribution in [2.75, 3.05) is 13.1 Å². The Labute approximate surface area is 136 Å². The van der Waals surface area contributed by atoms with E-state index in [1.807, 2.05) is 0 Å². The molecule has 0 amide bonds. The number of nitrogens with one attached hydrogen (secondary N) is 1. The number of fused-ring (bicyclic) bond motifs is 2. The van der Waals surface area contributed by atoms with Gasteiger partial charge in [-0.05, 0) is 13.0 Å². The number of rotatable bonds is 2. The molecule has 118 valence electrons. The third kappa shape index (κ3) is 2.19. The van der Waals surface area contributed by atoms with Crippen LogP contribution in [0.2, 0.25) is 0 Å². The molecule has 5 rings (SSSR count). The second-order valence-corrected chi connectivity index (χ2v) is 6.81. The first-order chi connectivity index (χ1) is 11.1. The molecule has 0 radical (unpaired) electrons. The molecule has 0 saturated carbocycles. The van der Waals surface area contributed by atoms with Gasteiger partial charge in [0.15, 0.2) is 5.60 Å². The Kier molecular flexibility index (Phi) is 3.27. The quantitative estimate of drug-likeness (QED) is 0.864. The minimum atomic E-state index is -0.540. The summed E-state index contributed by atoms with van der Waals surface area (Å²) in [6.45, 7) is 5.53. The molecule has 2 aromatic rings. The number of quaternary nitrogens is 1. The van der Waals surface area contributed by atoms with Gasteiger partial charge in [-0.25, -0.2) is 0 Å². The SMILES string of the molecule is CC(=O)OC1(c2ccc(C)cc2)C[NH+]2CCC1c1ccccc12. The Balaban J connectivity index is 1.88. The number of aryl methyl sites for hydroxylation is 1. The van der Waals surface area contributed by atoms with Crippen LogP contribution in [-0.2, 0) is 15.1 Å². The van der Waals surface area contributed by atoms with E-state index in [1.54, 1.807) is 0 Å². The summed E-state index contributed by atoms with van der Waals surface area (Å²) in [5.41, 5.74) is 4.51. The molecule has 1 N–H and O–H groups in total. The smallest absolute Gasteiger partial charge is 0.303 e. The molecule has 0 spiro atoms. The minimum Gasteiger partial charge on any atom is -0.448 e. The maximum absolute atomic E-state index is 11.9. The Hall–Kier alpha value is -2.13. The number of para-hydroxylation sites is 1. The lowest BCUT2D eigenvalue weighted by Crippen LogP contribution is -3.12. The van der Waals surface area contributed by atoms with E-state index in [9.17, 15) is 4.79 Å². The number of carbonyl (C=O) groups excluding carboxylic acids is 1. The molecule has 1 saturated heterocycles. The average Bonchev–Trinajstić information content (AvgIpc) is 2.55. The van der Waals surface area contributed by atoms with Gasteiger partial charge in [-0.2, -0.15) is 0 Å². The van der Waals surface area contributed by atoms with Gasteiger partial charge in [-0.3, -0.25) is 9.69 Å². The molecular weight excluding hydrogens is 286 g/mol. The number of hydrogen-bond acceptors (Lipinski definition) is 2. The van der Waals surface area contributed by atoms with Crippen LogP contribution in [0.3, 0.4) is 0 Å². The Bertz CT molecular complexity index is 752. The van der Waals surface area contributed by atoms with Crippen LogP contribution in [-0.4, -0.2) is 19.1 Å². The fourth-order valence-corrected chi connectivity index (χ4v) is 4.40. The highest BCUT2D eigenvalue weighted by atomic mass is 16.6. The van der Waals surface area contributed by atoms with Gasteiger partial charge in [-0.15, -0.1) is 0 Å². The molecule has 23 heavy (non-hydrogen) atoms. The summed E-state index contributed by atoms with van der Waals surface area (Å²) in [6.07, 6.45) is 1.05. The van der Waals surface area contributed by atoms with Crippen molar-refractivity contribution in [2.24, 2.45) is 0 Å². The Morgan fingerprint density at radius 3 is 2.65 bits per heavy atom. The van der Waals surface area contributed by atoms with Crippen molar-refractivity contribution >= 4 is 11.7 Å². The Morgan fingerprint density at radius 2 is 1.91 bits per heavy atom. The fraction of sp³-hybridized carbons (Fsp3) is 0.350. The molecule has 3 unspecified atom stereocenters. The number of ether oxygens (including phenoxy) is 1. The lowest BCUT2D eigenvalue weighted by Gasteiger charge is -2.50. The standard InChI is InChI=1S/C20H21NO2/c1-14-7-9-16(10-8-14)20(23-15(2)22)13-21-12-11-18(20)17-5-3-4-6-19(17)21/h3-10,18H,11-13H2,1-2H3/p+1. The van der Waals surface area contributed by atoms with E-state index in [-0.39, 0.29) is 11.9 Å². The molecule has 3 heterocycles. The lowest BCUT2D eigenvalue weighted by molar-refractivity contribution is -0.855. The zero-order chi connectivity index (χ0) is 16.0. The first-order valence-corrected chi connectivity index (χ1v) is 8.31. The second kappa shape index (κ2) is 5.20. The van der Waals surface area contributed by atoms with Crippen molar-refractivity contribution in [3.8, 4) is 0 Å². The van der Waals surface area contributed by atoms with Crippen LogP contribution in [0.5, 0.6) is 0 Å². The largest absolute Gasteiger partial charge is 0.448 e. The van der Waals surface area contributed by atoms with E-state index in [1.165, 1.54) is 28.6 Å². The van der Waals surface area contributed by atoms with Crippen LogP contribution >= 0.6 is 0 Å². The summed E-state index contributed by atoms with van der Waals surface area (Å²) < 4.78 is 6.04. The van der Waals surface area contributed by atoms with Gasteiger partial charge >= 0.3 is 5.97 Å². The van der Waals surface area contributed by atoms with E-state index < -0.39 is 5.60 Å². The predicted octanol–water partition coefficient (Wildman–Crippen LogP) is 2.47. The number of esters is 1. The van der Waals surface area contributed by atoms with E-state index in [4.69, 9.17) is 4.74 Å². The third-order valence-corrected chi connectivity index (χ3v) is 5.36. The fourth-order valence-electron chi connectivity index (χ4n) is 4.40. The first kappa shape index (κ1) is 14.5. The van der Waals surface area contributed by atoms with Crippen LogP contribution in [0.15, 0.2) is 48.5 Å². The number of piperidine rings is 1. The van der Waals surface area contributed by atoms with Crippen LogP contribution in [0, 0.1) is 6.92 Å². The molecular formula is C20H22NO2+. The van der Waals surface area contributed by atoms with E-state index in [2.05, 4.69) is 55.5 Å². The monoisotopic (exact) mass is 308 g/mol. The molecule has 3 aliphatic rings. The topological polar surface area (TPSA) is 30.7 Å². The first-order valence-electron chi connectivity index (χ1n) is 8.31. The molecule has 2 aromatic carbocycles. The van der Waals surface area contributed by atoms with Crippen molar-refractivity contribution in [3.63, 3.8) is 0 Å². The van der Waals surface area contributed by atoms with Gasteiger partial charge in [0.25, 0.3) is 0 Å². The molecule has 3 nitrogen and oxygen atoms in total. The minimum absolute atomic E-state index is 0.198. The van der Waals surface area contributed by atoms with Crippen LogP contribution in [0.1, 0.15) is 36.0 Å². The van der Waals surface area contributed by atoms with Gasteiger partial charge in [0.05, 0.1) is 6.54 Å². The molecule has 3 aliphatic heterocycles.